The molecule has 3 N–H and O–H groups in total. The summed E-state index contributed by atoms with van der Waals surface area (Å²) < 4.78 is 31.5. The SMILES string of the molecule is C=CCOC12Oc3ccc(OC(=O)Nc4ccc(OC)cc4OC)cc3C3C(CCCCO)C(CCCCO)C=C(C(=NOCc4ccccc4)CC1N(CCC)C(=O)CCC1CCCC1)C32. The number of hydrogen-bond donors (Lipinski definition) is 3. The first-order valence-corrected chi connectivity index (χ1v) is 24.5. The number of aliphatic hydroxyl groups excluding tert-OH is 2. The molecule has 0 aromatic heterocycles. The number of hydrogen-bond acceptors (Lipinski definition) is 11. The number of benzene rings is 3. The van der Waals surface area contributed by atoms with E-state index in [2.05, 4.69) is 24.9 Å². The van der Waals surface area contributed by atoms with Crippen molar-refractivity contribution in [2.24, 2.45) is 28.8 Å². The van der Waals surface area contributed by atoms with Crippen LogP contribution in [-0.2, 0) is 21.0 Å². The fraction of sp³-hybridized carbons (Fsp3) is 0.537. The van der Waals surface area contributed by atoms with Crippen molar-refractivity contribution < 1.29 is 48.3 Å². The lowest BCUT2D eigenvalue weighted by Gasteiger charge is -2.60. The first-order chi connectivity index (χ1) is 32.8. The highest BCUT2D eigenvalue weighted by Gasteiger charge is 2.65. The predicted molar refractivity (Wildman–Crippen MR) is 259 cm³/mol. The molecule has 2 amide bonds. The Labute approximate surface area is 396 Å². The number of rotatable bonds is 24. The molecule has 2 fully saturated rings. The molecular formula is C54H71N3O10. The number of anilines is 1. The lowest BCUT2D eigenvalue weighted by atomic mass is 9.55. The molecule has 6 atom stereocenters. The average molecular weight is 922 g/mol. The predicted octanol–water partition coefficient (Wildman–Crippen LogP) is 10.4. The molecule has 3 aromatic rings. The monoisotopic (exact) mass is 922 g/mol. The molecule has 3 aliphatic carbocycles. The second-order valence-electron chi connectivity index (χ2n) is 18.4. The van der Waals surface area contributed by atoms with Gasteiger partial charge in [0.25, 0.3) is 0 Å². The summed E-state index contributed by atoms with van der Waals surface area (Å²) in [7, 11) is 3.08. The van der Waals surface area contributed by atoms with E-state index in [1.807, 2.05) is 47.4 Å². The zero-order valence-electron chi connectivity index (χ0n) is 39.7. The third-order valence-electron chi connectivity index (χ3n) is 14.2. The van der Waals surface area contributed by atoms with Crippen molar-refractivity contribution in [2.75, 3.05) is 45.9 Å². The van der Waals surface area contributed by atoms with Crippen molar-refractivity contribution in [1.82, 2.24) is 4.90 Å². The highest BCUT2D eigenvalue weighted by Crippen LogP contribution is 2.62. The van der Waals surface area contributed by atoms with Crippen molar-refractivity contribution in [1.29, 1.82) is 0 Å². The van der Waals surface area contributed by atoms with Crippen molar-refractivity contribution in [3.8, 4) is 23.0 Å². The van der Waals surface area contributed by atoms with Crippen LogP contribution in [0.25, 0.3) is 0 Å². The van der Waals surface area contributed by atoms with E-state index in [0.717, 1.165) is 73.8 Å². The number of carbonyl (C=O) groups excluding carboxylic acids is 2. The summed E-state index contributed by atoms with van der Waals surface area (Å²) in [5.74, 6) is 0.412. The second-order valence-corrected chi connectivity index (χ2v) is 18.4. The molecule has 362 valence electrons. The van der Waals surface area contributed by atoms with Crippen LogP contribution >= 0.6 is 0 Å². The van der Waals surface area contributed by atoms with E-state index in [1.165, 1.54) is 20.0 Å². The van der Waals surface area contributed by atoms with E-state index >= 15 is 0 Å². The molecule has 1 aliphatic heterocycles. The molecule has 6 unspecified atom stereocenters. The molecule has 0 bridgehead atoms. The summed E-state index contributed by atoms with van der Waals surface area (Å²) in [5, 5.41) is 27.8. The minimum absolute atomic E-state index is 0.00363. The Morgan fingerprint density at radius 2 is 1.70 bits per heavy atom. The molecule has 0 spiro atoms. The molecule has 2 saturated carbocycles. The third kappa shape index (κ3) is 11.7. The number of carbonyl (C=O) groups is 2. The Morgan fingerprint density at radius 3 is 2.42 bits per heavy atom. The molecule has 13 nitrogen and oxygen atoms in total. The van der Waals surface area contributed by atoms with Gasteiger partial charge in [0.1, 0.15) is 35.6 Å². The number of fused-ring (bicyclic) bond motifs is 2. The van der Waals surface area contributed by atoms with Gasteiger partial charge in [-0.15, -0.1) is 6.58 Å². The molecule has 7 rings (SSSR count). The number of amides is 2. The zero-order valence-corrected chi connectivity index (χ0v) is 39.7. The van der Waals surface area contributed by atoms with Gasteiger partial charge in [-0.3, -0.25) is 10.1 Å². The van der Waals surface area contributed by atoms with Crippen molar-refractivity contribution in [3.05, 3.63) is 102 Å². The van der Waals surface area contributed by atoms with E-state index < -0.39 is 23.8 Å². The summed E-state index contributed by atoms with van der Waals surface area (Å²) in [6, 6.07) is 19.9. The van der Waals surface area contributed by atoms with E-state index in [4.69, 9.17) is 33.7 Å². The Balaban J connectivity index is 1.37. The van der Waals surface area contributed by atoms with Crippen LogP contribution in [0.3, 0.4) is 0 Å². The van der Waals surface area contributed by atoms with Crippen molar-refractivity contribution >= 4 is 23.4 Å². The lowest BCUT2D eigenvalue weighted by molar-refractivity contribution is -0.257. The number of methoxy groups -OCH3 is 2. The van der Waals surface area contributed by atoms with Crippen molar-refractivity contribution in [2.45, 2.75) is 121 Å². The minimum Gasteiger partial charge on any atom is -0.497 e. The van der Waals surface area contributed by atoms with Crippen LogP contribution in [0.4, 0.5) is 10.5 Å². The standard InChI is InChI=1S/C54H71N3O10/c1-5-28-57(50(60)27-22-37-16-10-11-17-37)49-35-46(56-65-36-38-18-8-7-9-19-38)43-32-39(20-12-14-29-58)42(21-13-15-30-59)51-44-33-41(24-26-47(44)67-54(49,52(43)51)64-31-6-2)66-53(61)55-45-25-23-40(62-3)34-48(45)63-4/h6-9,18-19,23-26,32-34,37,39,42,49,51-52,58-59H,2,5,10-17,20-22,27-31,35-36H2,1,3-4H3,(H,55,61). The summed E-state index contributed by atoms with van der Waals surface area (Å²) in [6.45, 7) is 7.26. The Hall–Kier alpha value is -5.37. The van der Waals surface area contributed by atoms with Crippen molar-refractivity contribution in [3.63, 3.8) is 0 Å². The molecule has 3 aromatic carbocycles. The van der Waals surface area contributed by atoms with E-state index in [1.54, 1.807) is 37.5 Å². The highest BCUT2D eigenvalue weighted by atomic mass is 16.7. The number of aliphatic hydroxyl groups is 2. The van der Waals surface area contributed by atoms with Gasteiger partial charge in [-0.05, 0) is 97.7 Å². The number of ether oxygens (including phenoxy) is 5. The molecule has 0 saturated heterocycles. The van der Waals surface area contributed by atoms with E-state index in [-0.39, 0.29) is 50.1 Å². The largest absolute Gasteiger partial charge is 0.497 e. The third-order valence-corrected chi connectivity index (χ3v) is 14.2. The van der Waals surface area contributed by atoms with Gasteiger partial charge in [-0.25, -0.2) is 4.79 Å². The van der Waals surface area contributed by atoms with E-state index in [9.17, 15) is 19.8 Å². The molecule has 4 aliphatic rings. The normalized spacial score (nSPS) is 23.6. The van der Waals surface area contributed by atoms with Crippen LogP contribution in [-0.4, -0.2) is 85.2 Å². The number of nitrogens with one attached hydrogen (secondary N) is 1. The molecule has 67 heavy (non-hydrogen) atoms. The zero-order chi connectivity index (χ0) is 47.2. The number of oxime groups is 1. The average Bonchev–Trinajstić information content (AvgIpc) is 3.88. The number of unbranched alkanes of at least 4 members (excludes halogenated alkanes) is 2. The van der Waals surface area contributed by atoms with Gasteiger partial charge in [0.05, 0.1) is 38.1 Å². The summed E-state index contributed by atoms with van der Waals surface area (Å²) in [5.41, 5.74) is 3.94. The topological polar surface area (TPSA) is 158 Å². The lowest BCUT2D eigenvalue weighted by Crippen LogP contribution is -2.70. The van der Waals surface area contributed by atoms with Crippen LogP contribution in [0.15, 0.2) is 96.2 Å². The van der Waals surface area contributed by atoms with Gasteiger partial charge in [0.2, 0.25) is 11.7 Å². The highest BCUT2D eigenvalue weighted by molar-refractivity contribution is 6.03. The molecule has 13 heteroatoms. The number of nitrogens with zero attached hydrogens (tertiary/aromatic N) is 2. The van der Waals surface area contributed by atoms with Gasteiger partial charge in [0, 0.05) is 50.1 Å². The van der Waals surface area contributed by atoms with Crippen LogP contribution in [0.1, 0.15) is 114 Å². The summed E-state index contributed by atoms with van der Waals surface area (Å²) >= 11 is 0. The molecule has 1 heterocycles. The number of allylic oxidation sites excluding steroid dienone is 1. The Bertz CT molecular complexity index is 2170. The van der Waals surface area contributed by atoms with Gasteiger partial charge >= 0.3 is 6.09 Å². The van der Waals surface area contributed by atoms with Gasteiger partial charge in [0.15, 0.2) is 0 Å². The maximum atomic E-state index is 14.9. The maximum absolute atomic E-state index is 14.9. The molecular weight excluding hydrogens is 851 g/mol. The second kappa shape index (κ2) is 24.1. The van der Waals surface area contributed by atoms with Gasteiger partial charge in [-0.2, -0.15) is 0 Å². The van der Waals surface area contributed by atoms with Crippen LogP contribution in [0, 0.1) is 23.7 Å². The Morgan fingerprint density at radius 1 is 0.940 bits per heavy atom. The quantitative estimate of drug-likeness (QED) is 0.0449. The molecule has 0 radical (unpaired) electrons. The summed E-state index contributed by atoms with van der Waals surface area (Å²) in [4.78, 5) is 36.8. The fourth-order valence-electron chi connectivity index (χ4n) is 11.1. The van der Waals surface area contributed by atoms with Crippen LogP contribution in [0.2, 0.25) is 0 Å². The minimum atomic E-state index is -1.37. The first-order valence-electron chi connectivity index (χ1n) is 24.5. The Kier molecular flexibility index (Phi) is 17.8. The fourth-order valence-corrected chi connectivity index (χ4v) is 11.1. The summed E-state index contributed by atoms with van der Waals surface area (Å²) in [6.07, 6.45) is 14.9. The van der Waals surface area contributed by atoms with Crippen LogP contribution < -0.4 is 24.3 Å². The smallest absolute Gasteiger partial charge is 0.417 e. The van der Waals surface area contributed by atoms with Gasteiger partial charge < -0.3 is 43.6 Å². The van der Waals surface area contributed by atoms with Gasteiger partial charge in [-0.1, -0.05) is 93.1 Å². The van der Waals surface area contributed by atoms with E-state index in [0.29, 0.717) is 66.8 Å². The first kappa shape index (κ1) is 49.5. The maximum Gasteiger partial charge on any atom is 0.417 e. The van der Waals surface area contributed by atoms with Crippen LogP contribution in [0.5, 0.6) is 23.0 Å².